The van der Waals surface area contributed by atoms with Gasteiger partial charge in [-0.2, -0.15) is 0 Å². The van der Waals surface area contributed by atoms with Crippen LogP contribution in [0.4, 0.5) is 0 Å². The fraction of sp³-hybridized carbons (Fsp3) is 0.300. The van der Waals surface area contributed by atoms with Crippen LogP contribution in [0.2, 0.25) is 0 Å². The Bertz CT molecular complexity index is 339. The van der Waals surface area contributed by atoms with Crippen LogP contribution in [0.15, 0.2) is 22.7 Å². The second kappa shape index (κ2) is 5.00. The molecule has 1 amide bonds. The lowest BCUT2D eigenvalue weighted by molar-refractivity contribution is 0.0996. The predicted octanol–water partition coefficient (Wildman–Crippen LogP) is 2.34. The van der Waals surface area contributed by atoms with E-state index in [9.17, 15) is 4.79 Å². The second-order valence-corrected chi connectivity index (χ2v) is 3.77. The predicted molar refractivity (Wildman–Crippen MR) is 58.4 cm³/mol. The maximum absolute atomic E-state index is 11.0. The van der Waals surface area contributed by atoms with E-state index in [2.05, 4.69) is 15.9 Å². The first kappa shape index (κ1) is 11.0. The lowest BCUT2D eigenvalue weighted by Gasteiger charge is -2.08. The molecule has 0 radical (unpaired) electrons. The molecular formula is C10H12BrNO2. The van der Waals surface area contributed by atoms with Crippen LogP contribution in [-0.2, 0) is 0 Å². The van der Waals surface area contributed by atoms with Gasteiger partial charge in [0.05, 0.1) is 12.2 Å². The Kier molecular flexibility index (Phi) is 3.95. The van der Waals surface area contributed by atoms with Crippen molar-refractivity contribution in [2.75, 3.05) is 6.61 Å². The molecule has 0 aliphatic rings. The van der Waals surface area contributed by atoms with Crippen LogP contribution in [0.1, 0.15) is 23.7 Å². The molecule has 0 bridgehead atoms. The van der Waals surface area contributed by atoms with E-state index in [4.69, 9.17) is 10.5 Å². The number of primary amides is 1. The highest BCUT2D eigenvalue weighted by atomic mass is 79.9. The molecule has 0 unspecified atom stereocenters. The zero-order valence-electron chi connectivity index (χ0n) is 7.92. The van der Waals surface area contributed by atoms with Crippen LogP contribution in [0.25, 0.3) is 0 Å². The quantitative estimate of drug-likeness (QED) is 0.901. The molecule has 0 aromatic heterocycles. The number of carbonyl (C=O) groups excluding carboxylic acids is 1. The van der Waals surface area contributed by atoms with E-state index in [1.807, 2.05) is 6.92 Å². The average molecular weight is 258 g/mol. The van der Waals surface area contributed by atoms with Crippen molar-refractivity contribution >= 4 is 21.8 Å². The number of ether oxygens (including phenoxy) is 1. The molecule has 0 heterocycles. The van der Waals surface area contributed by atoms with Crippen LogP contribution < -0.4 is 10.5 Å². The highest BCUT2D eigenvalue weighted by molar-refractivity contribution is 9.10. The normalized spacial score (nSPS) is 9.86. The van der Waals surface area contributed by atoms with Crippen molar-refractivity contribution in [2.24, 2.45) is 5.73 Å². The zero-order chi connectivity index (χ0) is 10.6. The van der Waals surface area contributed by atoms with Crippen molar-refractivity contribution in [1.29, 1.82) is 0 Å². The van der Waals surface area contributed by atoms with E-state index >= 15 is 0 Å². The summed E-state index contributed by atoms with van der Waals surface area (Å²) < 4.78 is 6.27. The molecule has 1 aromatic carbocycles. The summed E-state index contributed by atoms with van der Waals surface area (Å²) in [6.07, 6.45) is 0.894. The fourth-order valence-corrected chi connectivity index (χ4v) is 1.37. The molecule has 1 aromatic rings. The van der Waals surface area contributed by atoms with Crippen LogP contribution >= 0.6 is 15.9 Å². The number of rotatable bonds is 4. The van der Waals surface area contributed by atoms with Gasteiger partial charge in [-0.05, 0) is 24.6 Å². The lowest BCUT2D eigenvalue weighted by atomic mass is 10.2. The Labute approximate surface area is 91.4 Å². The summed E-state index contributed by atoms with van der Waals surface area (Å²) >= 11 is 3.31. The van der Waals surface area contributed by atoms with E-state index in [1.165, 1.54) is 0 Å². The van der Waals surface area contributed by atoms with Gasteiger partial charge in [-0.25, -0.2) is 0 Å². The highest BCUT2D eigenvalue weighted by Crippen LogP contribution is 2.23. The van der Waals surface area contributed by atoms with Gasteiger partial charge >= 0.3 is 0 Å². The minimum absolute atomic E-state index is 0.418. The third kappa shape index (κ3) is 2.73. The van der Waals surface area contributed by atoms with Crippen molar-refractivity contribution in [2.45, 2.75) is 13.3 Å². The van der Waals surface area contributed by atoms with Gasteiger partial charge in [-0.15, -0.1) is 0 Å². The third-order valence-corrected chi connectivity index (χ3v) is 2.16. The molecule has 0 aliphatic heterocycles. The molecule has 0 saturated heterocycles. The largest absolute Gasteiger partial charge is 0.493 e. The Morgan fingerprint density at radius 3 is 2.86 bits per heavy atom. The minimum atomic E-state index is -0.469. The van der Waals surface area contributed by atoms with Crippen molar-refractivity contribution in [3.8, 4) is 5.75 Å². The zero-order valence-corrected chi connectivity index (χ0v) is 9.50. The van der Waals surface area contributed by atoms with Gasteiger partial charge in [0.25, 0.3) is 5.91 Å². The molecule has 1 rings (SSSR count). The van der Waals surface area contributed by atoms with Gasteiger partial charge in [0.15, 0.2) is 0 Å². The monoisotopic (exact) mass is 257 g/mol. The number of carbonyl (C=O) groups is 1. The number of hydrogen-bond acceptors (Lipinski definition) is 2. The number of amides is 1. The van der Waals surface area contributed by atoms with Crippen LogP contribution in [0.5, 0.6) is 5.75 Å². The Hall–Kier alpha value is -1.03. The van der Waals surface area contributed by atoms with Crippen LogP contribution in [0.3, 0.4) is 0 Å². The fourth-order valence-electron chi connectivity index (χ4n) is 1.03. The SMILES string of the molecule is CCCOc1cc(Br)ccc1C(N)=O. The van der Waals surface area contributed by atoms with Gasteiger partial charge in [0.1, 0.15) is 5.75 Å². The molecule has 2 N–H and O–H groups in total. The summed E-state index contributed by atoms with van der Waals surface area (Å²) in [5.74, 6) is 0.0670. The molecule has 3 nitrogen and oxygen atoms in total. The molecule has 14 heavy (non-hydrogen) atoms. The highest BCUT2D eigenvalue weighted by Gasteiger charge is 2.09. The summed E-state index contributed by atoms with van der Waals surface area (Å²) in [5.41, 5.74) is 5.62. The van der Waals surface area contributed by atoms with E-state index in [1.54, 1.807) is 18.2 Å². The van der Waals surface area contributed by atoms with Crippen molar-refractivity contribution < 1.29 is 9.53 Å². The Morgan fingerprint density at radius 1 is 1.57 bits per heavy atom. The van der Waals surface area contributed by atoms with Gasteiger partial charge in [0, 0.05) is 4.47 Å². The minimum Gasteiger partial charge on any atom is -0.493 e. The van der Waals surface area contributed by atoms with Crippen LogP contribution in [-0.4, -0.2) is 12.5 Å². The molecule has 0 spiro atoms. The molecular weight excluding hydrogens is 246 g/mol. The maximum Gasteiger partial charge on any atom is 0.252 e. The molecule has 0 fully saturated rings. The topological polar surface area (TPSA) is 52.3 Å². The standard InChI is InChI=1S/C10H12BrNO2/c1-2-5-14-9-6-7(11)3-4-8(9)10(12)13/h3-4,6H,2,5H2,1H3,(H2,12,13). The van der Waals surface area contributed by atoms with E-state index < -0.39 is 5.91 Å². The van der Waals surface area contributed by atoms with Gasteiger partial charge in [0.2, 0.25) is 0 Å². The smallest absolute Gasteiger partial charge is 0.252 e. The van der Waals surface area contributed by atoms with E-state index in [0.29, 0.717) is 17.9 Å². The molecule has 0 aliphatic carbocycles. The van der Waals surface area contributed by atoms with Gasteiger partial charge in [-0.1, -0.05) is 22.9 Å². The Balaban J connectivity index is 2.97. The van der Waals surface area contributed by atoms with E-state index in [0.717, 1.165) is 10.9 Å². The first-order valence-electron chi connectivity index (χ1n) is 4.37. The second-order valence-electron chi connectivity index (χ2n) is 2.85. The molecule has 0 saturated carbocycles. The lowest BCUT2D eigenvalue weighted by Crippen LogP contribution is -2.13. The van der Waals surface area contributed by atoms with Gasteiger partial charge in [-0.3, -0.25) is 4.79 Å². The first-order valence-corrected chi connectivity index (χ1v) is 5.16. The first-order chi connectivity index (χ1) is 6.65. The number of halogens is 1. The van der Waals surface area contributed by atoms with Crippen molar-refractivity contribution in [3.05, 3.63) is 28.2 Å². The van der Waals surface area contributed by atoms with Crippen molar-refractivity contribution in [3.63, 3.8) is 0 Å². The number of hydrogen-bond donors (Lipinski definition) is 1. The number of benzene rings is 1. The van der Waals surface area contributed by atoms with E-state index in [-0.39, 0.29) is 0 Å². The maximum atomic E-state index is 11.0. The summed E-state index contributed by atoms with van der Waals surface area (Å²) in [4.78, 5) is 11.0. The van der Waals surface area contributed by atoms with Crippen molar-refractivity contribution in [1.82, 2.24) is 0 Å². The van der Waals surface area contributed by atoms with Gasteiger partial charge < -0.3 is 10.5 Å². The third-order valence-electron chi connectivity index (χ3n) is 1.67. The number of nitrogens with two attached hydrogens (primary N) is 1. The molecule has 0 atom stereocenters. The Morgan fingerprint density at radius 2 is 2.29 bits per heavy atom. The average Bonchev–Trinajstić information content (AvgIpc) is 2.14. The summed E-state index contributed by atoms with van der Waals surface area (Å²) in [6.45, 7) is 2.58. The summed E-state index contributed by atoms with van der Waals surface area (Å²) in [6, 6.07) is 5.16. The summed E-state index contributed by atoms with van der Waals surface area (Å²) in [5, 5.41) is 0. The van der Waals surface area contributed by atoms with Crippen LogP contribution in [0, 0.1) is 0 Å². The summed E-state index contributed by atoms with van der Waals surface area (Å²) in [7, 11) is 0. The molecule has 4 heteroatoms. The molecule has 76 valence electrons.